The molecule has 0 amide bonds. The summed E-state index contributed by atoms with van der Waals surface area (Å²) in [5, 5.41) is 21.4. The normalized spacial score (nSPS) is 11.9. The van der Waals surface area contributed by atoms with Gasteiger partial charge in [-0.3, -0.25) is 0 Å². The molecular weight excluding hydrogens is 267 g/mol. The summed E-state index contributed by atoms with van der Waals surface area (Å²) in [6.45, 7) is 0.244. The standard InChI is InChI=1S/C17H17FN2O/c18-17-14(10-19)7-4-8-15(17)11-20-16(12-21)9-13-5-2-1-3-6-13/h1-8,16,20-21H,9,11-12H2. The minimum absolute atomic E-state index is 0.0333. The van der Waals surface area contributed by atoms with Crippen LogP contribution in [-0.2, 0) is 13.0 Å². The molecule has 0 heterocycles. The molecular formula is C17H17FN2O. The number of rotatable bonds is 6. The molecule has 3 nitrogen and oxygen atoms in total. The van der Waals surface area contributed by atoms with Crippen molar-refractivity contribution in [2.24, 2.45) is 0 Å². The van der Waals surface area contributed by atoms with Gasteiger partial charge in [-0.15, -0.1) is 0 Å². The Bertz CT molecular complexity index is 622. The van der Waals surface area contributed by atoms with Gasteiger partial charge in [0.2, 0.25) is 0 Å². The fraction of sp³-hybridized carbons (Fsp3) is 0.235. The monoisotopic (exact) mass is 284 g/mol. The highest BCUT2D eigenvalue weighted by Gasteiger charge is 2.11. The van der Waals surface area contributed by atoms with Gasteiger partial charge in [-0.05, 0) is 18.1 Å². The lowest BCUT2D eigenvalue weighted by molar-refractivity contribution is 0.240. The highest BCUT2D eigenvalue weighted by molar-refractivity contribution is 5.34. The molecule has 2 rings (SSSR count). The van der Waals surface area contributed by atoms with Crippen molar-refractivity contribution in [3.63, 3.8) is 0 Å². The van der Waals surface area contributed by atoms with E-state index in [1.165, 1.54) is 6.07 Å². The lowest BCUT2D eigenvalue weighted by Gasteiger charge is -2.17. The Hall–Kier alpha value is -2.22. The molecule has 0 bridgehead atoms. The van der Waals surface area contributed by atoms with Crippen LogP contribution in [-0.4, -0.2) is 17.8 Å². The summed E-state index contributed by atoms with van der Waals surface area (Å²) in [6, 6.07) is 16.2. The predicted octanol–water partition coefficient (Wildman–Crippen LogP) is 2.39. The predicted molar refractivity (Wildman–Crippen MR) is 79.0 cm³/mol. The van der Waals surface area contributed by atoms with Crippen LogP contribution in [0, 0.1) is 17.1 Å². The van der Waals surface area contributed by atoms with Crippen LogP contribution in [0.3, 0.4) is 0 Å². The number of benzene rings is 2. The van der Waals surface area contributed by atoms with E-state index in [-0.39, 0.29) is 24.8 Å². The van der Waals surface area contributed by atoms with Gasteiger partial charge >= 0.3 is 0 Å². The number of aliphatic hydroxyl groups excluding tert-OH is 1. The summed E-state index contributed by atoms with van der Waals surface area (Å²) in [6.07, 6.45) is 0.664. The first-order valence-electron chi connectivity index (χ1n) is 6.80. The van der Waals surface area contributed by atoms with Crippen molar-refractivity contribution in [2.75, 3.05) is 6.61 Å². The van der Waals surface area contributed by atoms with Crippen molar-refractivity contribution in [1.82, 2.24) is 5.32 Å². The Morgan fingerprint density at radius 3 is 2.57 bits per heavy atom. The van der Waals surface area contributed by atoms with Crippen molar-refractivity contribution in [2.45, 2.75) is 19.0 Å². The van der Waals surface area contributed by atoms with Gasteiger partial charge in [0, 0.05) is 18.2 Å². The SMILES string of the molecule is N#Cc1cccc(CNC(CO)Cc2ccccc2)c1F. The van der Waals surface area contributed by atoms with E-state index in [1.54, 1.807) is 12.1 Å². The first-order valence-corrected chi connectivity index (χ1v) is 6.80. The Morgan fingerprint density at radius 1 is 1.14 bits per heavy atom. The van der Waals surface area contributed by atoms with E-state index in [0.717, 1.165) is 5.56 Å². The van der Waals surface area contributed by atoms with Crippen molar-refractivity contribution in [3.8, 4) is 6.07 Å². The van der Waals surface area contributed by atoms with E-state index >= 15 is 0 Å². The Labute approximate surface area is 123 Å². The number of aliphatic hydroxyl groups is 1. The largest absolute Gasteiger partial charge is 0.395 e. The average Bonchev–Trinajstić information content (AvgIpc) is 2.53. The van der Waals surface area contributed by atoms with Gasteiger partial charge in [0.05, 0.1) is 12.2 Å². The maximum atomic E-state index is 13.9. The van der Waals surface area contributed by atoms with Crippen LogP contribution in [0.2, 0.25) is 0 Å². The summed E-state index contributed by atoms with van der Waals surface area (Å²) in [5.41, 5.74) is 1.58. The lowest BCUT2D eigenvalue weighted by atomic mass is 10.1. The summed E-state index contributed by atoms with van der Waals surface area (Å²) < 4.78 is 13.9. The number of nitrogens with zero attached hydrogens (tertiary/aromatic N) is 1. The minimum Gasteiger partial charge on any atom is -0.395 e. The molecule has 1 unspecified atom stereocenters. The van der Waals surface area contributed by atoms with Gasteiger partial charge in [-0.2, -0.15) is 5.26 Å². The molecule has 2 aromatic carbocycles. The molecule has 0 spiro atoms. The molecule has 4 heteroatoms. The number of nitriles is 1. The number of hydrogen-bond donors (Lipinski definition) is 2. The second kappa shape index (κ2) is 7.53. The smallest absolute Gasteiger partial charge is 0.145 e. The summed E-state index contributed by atoms with van der Waals surface area (Å²) in [7, 11) is 0. The Kier molecular flexibility index (Phi) is 5.44. The molecule has 0 aliphatic carbocycles. The van der Waals surface area contributed by atoms with Crippen molar-refractivity contribution in [3.05, 3.63) is 71.0 Å². The van der Waals surface area contributed by atoms with Gasteiger partial charge in [-0.25, -0.2) is 4.39 Å². The van der Waals surface area contributed by atoms with Gasteiger partial charge in [-0.1, -0.05) is 42.5 Å². The van der Waals surface area contributed by atoms with Crippen LogP contribution < -0.4 is 5.32 Å². The molecule has 0 saturated heterocycles. The van der Waals surface area contributed by atoms with E-state index in [4.69, 9.17) is 5.26 Å². The molecule has 2 aromatic rings. The van der Waals surface area contributed by atoms with E-state index < -0.39 is 5.82 Å². The molecule has 21 heavy (non-hydrogen) atoms. The summed E-state index contributed by atoms with van der Waals surface area (Å²) in [4.78, 5) is 0. The van der Waals surface area contributed by atoms with Crippen molar-refractivity contribution < 1.29 is 9.50 Å². The molecule has 108 valence electrons. The van der Waals surface area contributed by atoms with Gasteiger partial charge in [0.1, 0.15) is 11.9 Å². The van der Waals surface area contributed by atoms with Gasteiger partial charge in [0.15, 0.2) is 0 Å². The minimum atomic E-state index is -0.496. The molecule has 0 radical (unpaired) electrons. The molecule has 0 aromatic heterocycles. The van der Waals surface area contributed by atoms with Crippen molar-refractivity contribution in [1.29, 1.82) is 5.26 Å². The average molecular weight is 284 g/mol. The van der Waals surface area contributed by atoms with Crippen LogP contribution >= 0.6 is 0 Å². The lowest BCUT2D eigenvalue weighted by Crippen LogP contribution is -2.34. The van der Waals surface area contributed by atoms with Crippen LogP contribution in [0.4, 0.5) is 4.39 Å². The first-order chi connectivity index (χ1) is 10.2. The zero-order valence-electron chi connectivity index (χ0n) is 11.6. The fourth-order valence-electron chi connectivity index (χ4n) is 2.16. The quantitative estimate of drug-likeness (QED) is 0.856. The second-order valence-electron chi connectivity index (χ2n) is 4.84. The van der Waals surface area contributed by atoms with Crippen LogP contribution in [0.5, 0.6) is 0 Å². The third-order valence-corrected chi connectivity index (χ3v) is 3.33. The van der Waals surface area contributed by atoms with Gasteiger partial charge in [0.25, 0.3) is 0 Å². The van der Waals surface area contributed by atoms with Crippen LogP contribution in [0.15, 0.2) is 48.5 Å². The van der Waals surface area contributed by atoms with Crippen LogP contribution in [0.1, 0.15) is 16.7 Å². The molecule has 0 aliphatic heterocycles. The fourth-order valence-corrected chi connectivity index (χ4v) is 2.16. The van der Waals surface area contributed by atoms with Crippen molar-refractivity contribution >= 4 is 0 Å². The summed E-state index contributed by atoms with van der Waals surface area (Å²) in [5.74, 6) is -0.496. The second-order valence-corrected chi connectivity index (χ2v) is 4.84. The molecule has 2 N–H and O–H groups in total. The number of nitrogens with one attached hydrogen (secondary N) is 1. The molecule has 0 fully saturated rings. The Morgan fingerprint density at radius 2 is 1.90 bits per heavy atom. The third-order valence-electron chi connectivity index (χ3n) is 3.33. The maximum Gasteiger partial charge on any atom is 0.145 e. The highest BCUT2D eigenvalue weighted by atomic mass is 19.1. The van der Waals surface area contributed by atoms with E-state index in [9.17, 15) is 9.50 Å². The molecule has 0 aliphatic rings. The van der Waals surface area contributed by atoms with E-state index in [1.807, 2.05) is 36.4 Å². The Balaban J connectivity index is 1.99. The van der Waals surface area contributed by atoms with Gasteiger partial charge < -0.3 is 10.4 Å². The topological polar surface area (TPSA) is 56.0 Å². The zero-order valence-corrected chi connectivity index (χ0v) is 11.6. The third kappa shape index (κ3) is 4.12. The van der Waals surface area contributed by atoms with E-state index in [2.05, 4.69) is 5.32 Å². The maximum absolute atomic E-state index is 13.9. The first kappa shape index (κ1) is 15.2. The zero-order chi connectivity index (χ0) is 15.1. The number of halogens is 1. The molecule has 1 atom stereocenters. The van der Waals surface area contributed by atoms with Crippen LogP contribution in [0.25, 0.3) is 0 Å². The highest BCUT2D eigenvalue weighted by Crippen LogP contribution is 2.12. The molecule has 0 saturated carbocycles. The summed E-state index contributed by atoms with van der Waals surface area (Å²) >= 11 is 0. The van der Waals surface area contributed by atoms with E-state index in [0.29, 0.717) is 12.0 Å². The number of hydrogen-bond acceptors (Lipinski definition) is 3.